The fourth-order valence-corrected chi connectivity index (χ4v) is 2.27. The number of ether oxygens (including phenoxy) is 1. The van der Waals surface area contributed by atoms with Gasteiger partial charge in [0, 0.05) is 13.5 Å². The van der Waals surface area contributed by atoms with Crippen LogP contribution in [0, 0.1) is 5.92 Å². The SMILES string of the molecule is COC(=O)C(CN1CCC(C(F)(F)F)CC1)NC(C)=O. The van der Waals surface area contributed by atoms with Crippen molar-refractivity contribution in [3.63, 3.8) is 0 Å². The van der Waals surface area contributed by atoms with Gasteiger partial charge in [-0.2, -0.15) is 13.2 Å². The number of likely N-dealkylation sites (tertiary alicyclic amines) is 1. The summed E-state index contributed by atoms with van der Waals surface area (Å²) in [6.45, 7) is 1.93. The Balaban J connectivity index is 2.51. The minimum absolute atomic E-state index is 0.0114. The maximum atomic E-state index is 12.5. The number of methoxy groups -OCH3 is 1. The monoisotopic (exact) mass is 296 g/mol. The number of carbonyl (C=O) groups is 2. The van der Waals surface area contributed by atoms with Crippen molar-refractivity contribution in [2.75, 3.05) is 26.7 Å². The maximum absolute atomic E-state index is 12.5. The van der Waals surface area contributed by atoms with E-state index >= 15 is 0 Å². The van der Waals surface area contributed by atoms with E-state index in [1.807, 2.05) is 0 Å². The van der Waals surface area contributed by atoms with Crippen LogP contribution in [-0.4, -0.2) is 55.7 Å². The van der Waals surface area contributed by atoms with Crippen LogP contribution in [0.1, 0.15) is 19.8 Å². The van der Waals surface area contributed by atoms with E-state index < -0.39 is 24.1 Å². The molecule has 1 aliphatic rings. The van der Waals surface area contributed by atoms with Gasteiger partial charge in [0.25, 0.3) is 0 Å². The second kappa shape index (κ2) is 6.92. The Bertz CT molecular complexity index is 352. The summed E-state index contributed by atoms with van der Waals surface area (Å²) >= 11 is 0. The third kappa shape index (κ3) is 4.99. The second-order valence-electron chi connectivity index (χ2n) is 4.89. The topological polar surface area (TPSA) is 58.6 Å². The number of hydrogen-bond acceptors (Lipinski definition) is 4. The molecule has 0 aromatic carbocycles. The van der Waals surface area contributed by atoms with Crippen molar-refractivity contribution in [3.05, 3.63) is 0 Å². The molecule has 1 atom stereocenters. The zero-order valence-electron chi connectivity index (χ0n) is 11.5. The number of esters is 1. The van der Waals surface area contributed by atoms with Crippen LogP contribution in [0.15, 0.2) is 0 Å². The zero-order valence-corrected chi connectivity index (χ0v) is 11.5. The minimum Gasteiger partial charge on any atom is -0.467 e. The number of rotatable bonds is 4. The summed E-state index contributed by atoms with van der Waals surface area (Å²) in [5.74, 6) is -2.26. The molecule has 0 saturated carbocycles. The standard InChI is InChI=1S/C12H19F3N2O3/c1-8(18)16-10(11(19)20-2)7-17-5-3-9(4-6-17)12(13,14)15/h9-10H,3-7H2,1-2H3,(H,16,18). The van der Waals surface area contributed by atoms with E-state index in [2.05, 4.69) is 10.1 Å². The number of hydrogen-bond donors (Lipinski definition) is 1. The summed E-state index contributed by atoms with van der Waals surface area (Å²) < 4.78 is 42.2. The van der Waals surface area contributed by atoms with Crippen molar-refractivity contribution in [1.29, 1.82) is 0 Å². The number of halogens is 3. The van der Waals surface area contributed by atoms with Crippen molar-refractivity contribution in [2.24, 2.45) is 5.92 Å². The molecule has 0 aromatic heterocycles. The highest BCUT2D eigenvalue weighted by Crippen LogP contribution is 2.34. The Morgan fingerprint density at radius 3 is 2.30 bits per heavy atom. The normalized spacial score (nSPS) is 19.4. The first kappa shape index (κ1) is 16.7. The average Bonchev–Trinajstić information content (AvgIpc) is 2.36. The molecule has 5 nitrogen and oxygen atoms in total. The number of nitrogens with zero attached hydrogens (tertiary/aromatic N) is 1. The van der Waals surface area contributed by atoms with E-state index in [0.29, 0.717) is 0 Å². The predicted octanol–water partition coefficient (Wildman–Crippen LogP) is 0.938. The number of nitrogens with one attached hydrogen (secondary N) is 1. The van der Waals surface area contributed by atoms with Gasteiger partial charge in [0.2, 0.25) is 5.91 Å². The first-order valence-corrected chi connectivity index (χ1v) is 6.38. The summed E-state index contributed by atoms with van der Waals surface area (Å²) in [5, 5.41) is 2.44. The molecule has 0 radical (unpaired) electrons. The van der Waals surface area contributed by atoms with Gasteiger partial charge in [-0.1, -0.05) is 0 Å². The van der Waals surface area contributed by atoms with Gasteiger partial charge in [-0.15, -0.1) is 0 Å². The molecule has 0 bridgehead atoms. The van der Waals surface area contributed by atoms with E-state index in [0.717, 1.165) is 0 Å². The molecular weight excluding hydrogens is 277 g/mol. The molecule has 1 unspecified atom stereocenters. The average molecular weight is 296 g/mol. The number of amides is 1. The van der Waals surface area contributed by atoms with Gasteiger partial charge in [0.15, 0.2) is 0 Å². The molecule has 20 heavy (non-hydrogen) atoms. The van der Waals surface area contributed by atoms with Crippen LogP contribution in [-0.2, 0) is 14.3 Å². The van der Waals surface area contributed by atoms with Crippen molar-refractivity contribution in [2.45, 2.75) is 32.0 Å². The summed E-state index contributed by atoms with van der Waals surface area (Å²) in [6, 6.07) is -0.847. The van der Waals surface area contributed by atoms with Crippen molar-refractivity contribution < 1.29 is 27.5 Å². The largest absolute Gasteiger partial charge is 0.467 e. The maximum Gasteiger partial charge on any atom is 0.391 e. The molecule has 0 aliphatic carbocycles. The Morgan fingerprint density at radius 2 is 1.90 bits per heavy atom. The zero-order chi connectivity index (χ0) is 15.3. The van der Waals surface area contributed by atoms with Gasteiger partial charge < -0.3 is 15.0 Å². The van der Waals surface area contributed by atoms with E-state index in [4.69, 9.17) is 0 Å². The Labute approximate surface area is 115 Å². The van der Waals surface area contributed by atoms with Gasteiger partial charge in [-0.3, -0.25) is 4.79 Å². The third-order valence-electron chi connectivity index (χ3n) is 3.35. The van der Waals surface area contributed by atoms with Crippen LogP contribution in [0.4, 0.5) is 13.2 Å². The van der Waals surface area contributed by atoms with E-state index in [9.17, 15) is 22.8 Å². The molecular formula is C12H19F3N2O3. The van der Waals surface area contributed by atoms with Gasteiger partial charge >= 0.3 is 12.1 Å². The highest BCUT2D eigenvalue weighted by molar-refractivity contribution is 5.83. The van der Waals surface area contributed by atoms with Gasteiger partial charge in [-0.05, 0) is 25.9 Å². The highest BCUT2D eigenvalue weighted by atomic mass is 19.4. The number of piperidine rings is 1. The molecule has 1 saturated heterocycles. The summed E-state index contributed by atoms with van der Waals surface area (Å²) in [7, 11) is 1.20. The molecule has 1 amide bonds. The molecule has 1 heterocycles. The summed E-state index contributed by atoms with van der Waals surface area (Å²) in [6.07, 6.45) is -4.14. The van der Waals surface area contributed by atoms with E-state index in [1.54, 1.807) is 4.90 Å². The van der Waals surface area contributed by atoms with Crippen molar-refractivity contribution in [1.82, 2.24) is 10.2 Å². The molecule has 1 fully saturated rings. The number of alkyl halides is 3. The van der Waals surface area contributed by atoms with Crippen LogP contribution in [0.25, 0.3) is 0 Å². The predicted molar refractivity (Wildman–Crippen MR) is 64.8 cm³/mol. The van der Waals surface area contributed by atoms with Crippen LogP contribution in [0.2, 0.25) is 0 Å². The minimum atomic E-state index is -4.16. The molecule has 116 valence electrons. The van der Waals surface area contributed by atoms with Crippen LogP contribution in [0.5, 0.6) is 0 Å². The Kier molecular flexibility index (Phi) is 5.79. The summed E-state index contributed by atoms with van der Waals surface area (Å²) in [4.78, 5) is 24.3. The van der Waals surface area contributed by atoms with Crippen LogP contribution >= 0.6 is 0 Å². The van der Waals surface area contributed by atoms with Crippen molar-refractivity contribution in [3.8, 4) is 0 Å². The fraction of sp³-hybridized carbons (Fsp3) is 0.833. The van der Waals surface area contributed by atoms with Crippen molar-refractivity contribution >= 4 is 11.9 Å². The van der Waals surface area contributed by atoms with E-state index in [-0.39, 0.29) is 38.4 Å². The number of carbonyl (C=O) groups excluding carboxylic acids is 2. The molecule has 0 aromatic rings. The second-order valence-corrected chi connectivity index (χ2v) is 4.89. The van der Waals surface area contributed by atoms with Crippen LogP contribution in [0.3, 0.4) is 0 Å². The summed E-state index contributed by atoms with van der Waals surface area (Å²) in [5.41, 5.74) is 0. The smallest absolute Gasteiger partial charge is 0.391 e. The molecule has 1 N–H and O–H groups in total. The third-order valence-corrected chi connectivity index (χ3v) is 3.35. The Morgan fingerprint density at radius 1 is 1.35 bits per heavy atom. The Hall–Kier alpha value is -1.31. The lowest BCUT2D eigenvalue weighted by molar-refractivity contribution is -0.185. The fourth-order valence-electron chi connectivity index (χ4n) is 2.27. The molecule has 8 heteroatoms. The van der Waals surface area contributed by atoms with Gasteiger partial charge in [0.1, 0.15) is 6.04 Å². The quantitative estimate of drug-likeness (QED) is 0.784. The van der Waals surface area contributed by atoms with E-state index in [1.165, 1.54) is 14.0 Å². The molecule has 1 aliphatic heterocycles. The first-order chi connectivity index (χ1) is 9.24. The first-order valence-electron chi connectivity index (χ1n) is 6.38. The van der Waals surface area contributed by atoms with Gasteiger partial charge in [-0.25, -0.2) is 4.79 Å². The molecule has 0 spiro atoms. The lowest BCUT2D eigenvalue weighted by atomic mass is 9.96. The van der Waals surface area contributed by atoms with Crippen LogP contribution < -0.4 is 5.32 Å². The van der Waals surface area contributed by atoms with Gasteiger partial charge in [0.05, 0.1) is 13.0 Å². The molecule has 1 rings (SSSR count). The lowest BCUT2D eigenvalue weighted by Gasteiger charge is -2.34. The lowest BCUT2D eigenvalue weighted by Crippen LogP contribution is -2.50. The highest BCUT2D eigenvalue weighted by Gasteiger charge is 2.41.